The minimum atomic E-state index is -0.128. The molecule has 0 atom stereocenters. The second-order valence-corrected chi connectivity index (χ2v) is 2.67. The maximum absolute atomic E-state index is 11.0. The summed E-state index contributed by atoms with van der Waals surface area (Å²) in [6.07, 6.45) is 13.9. The molecule has 0 fully saturated rings. The second kappa shape index (κ2) is 20.6. The van der Waals surface area contributed by atoms with E-state index in [9.17, 15) is 9.59 Å². The predicted molar refractivity (Wildman–Crippen MR) is 78.0 cm³/mol. The monoisotopic (exact) mass is 248 g/mol. The first-order valence-corrected chi connectivity index (χ1v) is 6.31. The van der Waals surface area contributed by atoms with Gasteiger partial charge in [0.05, 0.1) is 0 Å². The van der Waals surface area contributed by atoms with E-state index in [0.717, 1.165) is 0 Å². The minimum Gasteiger partial charge on any atom is -0.295 e. The molecule has 0 aliphatic rings. The molecule has 2 nitrogen and oxygen atoms in total. The fraction of sp³-hybridized carbons (Fsp3) is 0.500. The molecule has 0 saturated carbocycles. The van der Waals surface area contributed by atoms with Crippen LogP contribution in [0.1, 0.15) is 53.4 Å². The van der Waals surface area contributed by atoms with Gasteiger partial charge in [0.1, 0.15) is 0 Å². The topological polar surface area (TPSA) is 34.1 Å². The standard InChI is InChI=1S/C12H12O2.2C2H6/c1-3-5-7-11(13)9-10-12(14)8-6-4-2;2*1-2/h1-2,9-10H,5-8H2;2*1-2H3/b10-9+;;. The molecule has 0 rings (SSSR count). The Balaban J connectivity index is -0.000000506. The molecule has 0 spiro atoms. The lowest BCUT2D eigenvalue weighted by Crippen LogP contribution is -1.96. The molecule has 0 bridgehead atoms. The first kappa shape index (κ1) is 21.5. The largest absolute Gasteiger partial charge is 0.295 e. The lowest BCUT2D eigenvalue weighted by molar-refractivity contribution is -0.116. The smallest absolute Gasteiger partial charge is 0.156 e. The second-order valence-electron chi connectivity index (χ2n) is 2.67. The summed E-state index contributed by atoms with van der Waals surface area (Å²) in [6.45, 7) is 8.00. The highest BCUT2D eigenvalue weighted by Gasteiger charge is 1.97. The highest BCUT2D eigenvalue weighted by Crippen LogP contribution is 1.94. The fourth-order valence-electron chi connectivity index (χ4n) is 0.743. The lowest BCUT2D eigenvalue weighted by atomic mass is 10.1. The van der Waals surface area contributed by atoms with E-state index in [1.807, 2.05) is 27.7 Å². The van der Waals surface area contributed by atoms with Gasteiger partial charge in [-0.15, -0.1) is 24.7 Å². The maximum Gasteiger partial charge on any atom is 0.156 e. The summed E-state index contributed by atoms with van der Waals surface area (Å²) in [5.41, 5.74) is 0. The van der Waals surface area contributed by atoms with E-state index in [4.69, 9.17) is 12.8 Å². The van der Waals surface area contributed by atoms with Crippen molar-refractivity contribution >= 4 is 11.6 Å². The summed E-state index contributed by atoms with van der Waals surface area (Å²) in [5, 5.41) is 0. The summed E-state index contributed by atoms with van der Waals surface area (Å²) < 4.78 is 0. The Hall–Kier alpha value is -1.80. The van der Waals surface area contributed by atoms with E-state index in [2.05, 4.69) is 11.8 Å². The van der Waals surface area contributed by atoms with Crippen LogP contribution in [-0.2, 0) is 9.59 Å². The molecule has 0 aliphatic heterocycles. The number of ketones is 2. The Morgan fingerprint density at radius 3 is 1.33 bits per heavy atom. The van der Waals surface area contributed by atoms with Gasteiger partial charge in [-0.3, -0.25) is 9.59 Å². The van der Waals surface area contributed by atoms with Crippen molar-refractivity contribution in [2.75, 3.05) is 0 Å². The van der Waals surface area contributed by atoms with E-state index >= 15 is 0 Å². The number of terminal acetylenes is 2. The molecule has 0 aromatic rings. The van der Waals surface area contributed by atoms with Gasteiger partial charge in [0, 0.05) is 25.7 Å². The van der Waals surface area contributed by atoms with Crippen LogP contribution in [-0.4, -0.2) is 11.6 Å². The van der Waals surface area contributed by atoms with Crippen molar-refractivity contribution in [2.24, 2.45) is 0 Å². The van der Waals surface area contributed by atoms with E-state index in [-0.39, 0.29) is 24.4 Å². The van der Waals surface area contributed by atoms with Crippen molar-refractivity contribution in [1.82, 2.24) is 0 Å². The normalized spacial score (nSPS) is 7.89. The molecule has 0 N–H and O–H groups in total. The molecule has 0 aromatic heterocycles. The third kappa shape index (κ3) is 19.7. The van der Waals surface area contributed by atoms with Crippen molar-refractivity contribution in [1.29, 1.82) is 0 Å². The van der Waals surface area contributed by atoms with Crippen LogP contribution < -0.4 is 0 Å². The number of carbonyl (C=O) groups excluding carboxylic acids is 2. The Kier molecular flexibility index (Phi) is 24.6. The summed E-state index contributed by atoms with van der Waals surface area (Å²) in [4.78, 5) is 22.0. The molecule has 0 amide bonds. The van der Waals surface area contributed by atoms with E-state index < -0.39 is 0 Å². The van der Waals surface area contributed by atoms with Crippen LogP contribution >= 0.6 is 0 Å². The highest BCUT2D eigenvalue weighted by atomic mass is 16.1. The fourth-order valence-corrected chi connectivity index (χ4v) is 0.743. The zero-order valence-electron chi connectivity index (χ0n) is 12.0. The number of hydrogen-bond donors (Lipinski definition) is 0. The average molecular weight is 248 g/mol. The van der Waals surface area contributed by atoms with Crippen molar-refractivity contribution in [3.8, 4) is 24.7 Å². The third-order valence-electron chi connectivity index (χ3n) is 1.49. The van der Waals surface area contributed by atoms with Gasteiger partial charge in [-0.25, -0.2) is 0 Å². The molecule has 0 heterocycles. The molecule has 0 saturated heterocycles. The van der Waals surface area contributed by atoms with Gasteiger partial charge < -0.3 is 0 Å². The van der Waals surface area contributed by atoms with Crippen molar-refractivity contribution in [3.05, 3.63) is 12.2 Å². The zero-order chi connectivity index (χ0) is 14.8. The third-order valence-corrected chi connectivity index (χ3v) is 1.49. The minimum absolute atomic E-state index is 0.128. The molecule has 18 heavy (non-hydrogen) atoms. The number of carbonyl (C=O) groups is 2. The molecular formula is C16H24O2. The molecule has 2 heteroatoms. The molecular weight excluding hydrogens is 224 g/mol. The molecule has 0 unspecified atom stereocenters. The zero-order valence-corrected chi connectivity index (χ0v) is 12.0. The quantitative estimate of drug-likeness (QED) is 0.532. The highest BCUT2D eigenvalue weighted by molar-refractivity contribution is 5.98. The van der Waals surface area contributed by atoms with E-state index in [1.54, 1.807) is 0 Å². The van der Waals surface area contributed by atoms with Crippen molar-refractivity contribution in [3.63, 3.8) is 0 Å². The number of hydrogen-bond acceptors (Lipinski definition) is 2. The van der Waals surface area contributed by atoms with Gasteiger partial charge in [-0.05, 0) is 12.2 Å². The SMILES string of the molecule is C#CCCC(=O)/C=C/C(=O)CCC#C.CC.CC. The average Bonchev–Trinajstić information content (AvgIpc) is 2.44. The maximum atomic E-state index is 11.0. The van der Waals surface area contributed by atoms with Crippen LogP contribution in [0.2, 0.25) is 0 Å². The van der Waals surface area contributed by atoms with Crippen LogP contribution in [0.4, 0.5) is 0 Å². The molecule has 0 aliphatic carbocycles. The van der Waals surface area contributed by atoms with Crippen LogP contribution in [0, 0.1) is 24.7 Å². The molecule has 0 radical (unpaired) electrons. The molecule has 0 aromatic carbocycles. The van der Waals surface area contributed by atoms with Gasteiger partial charge in [0.15, 0.2) is 11.6 Å². The summed E-state index contributed by atoms with van der Waals surface area (Å²) >= 11 is 0. The molecule has 100 valence electrons. The lowest BCUT2D eigenvalue weighted by Gasteiger charge is -1.89. The van der Waals surface area contributed by atoms with Crippen LogP contribution in [0.25, 0.3) is 0 Å². The van der Waals surface area contributed by atoms with Gasteiger partial charge in [-0.2, -0.15) is 0 Å². The Morgan fingerprint density at radius 1 is 0.833 bits per heavy atom. The van der Waals surface area contributed by atoms with Gasteiger partial charge in [-0.1, -0.05) is 27.7 Å². The van der Waals surface area contributed by atoms with Crippen molar-refractivity contribution in [2.45, 2.75) is 53.4 Å². The van der Waals surface area contributed by atoms with Crippen molar-refractivity contribution < 1.29 is 9.59 Å². The number of allylic oxidation sites excluding steroid dienone is 2. The summed E-state index contributed by atoms with van der Waals surface area (Å²) in [7, 11) is 0. The number of rotatable bonds is 6. The Bertz CT molecular complexity index is 279. The van der Waals surface area contributed by atoms with Gasteiger partial charge in [0.25, 0.3) is 0 Å². The first-order valence-electron chi connectivity index (χ1n) is 6.31. The van der Waals surface area contributed by atoms with Crippen LogP contribution in [0.3, 0.4) is 0 Å². The first-order chi connectivity index (χ1) is 8.70. The summed E-state index contributed by atoms with van der Waals surface area (Å²) in [5.74, 6) is 4.45. The van der Waals surface area contributed by atoms with E-state index in [1.165, 1.54) is 12.2 Å². The Morgan fingerprint density at radius 2 is 1.11 bits per heavy atom. The predicted octanol–water partition coefficient (Wildman–Crippen LogP) is 3.56. The van der Waals surface area contributed by atoms with E-state index in [0.29, 0.717) is 12.8 Å². The van der Waals surface area contributed by atoms with Gasteiger partial charge >= 0.3 is 0 Å². The Labute approximate surface area is 112 Å². The summed E-state index contributed by atoms with van der Waals surface area (Å²) in [6, 6.07) is 0. The van der Waals surface area contributed by atoms with Crippen LogP contribution in [0.5, 0.6) is 0 Å². The van der Waals surface area contributed by atoms with Crippen LogP contribution in [0.15, 0.2) is 12.2 Å². The van der Waals surface area contributed by atoms with Gasteiger partial charge in [0.2, 0.25) is 0 Å².